The SMILES string of the molecule is CC(C)N1C(=O)/C(=C\c2ccc(Cl)cc2)Oc2cc(N)ccc21. The molecular weight excluding hydrogens is 312 g/mol. The predicted molar refractivity (Wildman–Crippen MR) is 93.5 cm³/mol. The minimum absolute atomic E-state index is 0.00222. The fraction of sp³-hybridized carbons (Fsp3) is 0.167. The molecule has 0 radical (unpaired) electrons. The lowest BCUT2D eigenvalue weighted by Crippen LogP contribution is -2.42. The van der Waals surface area contributed by atoms with Gasteiger partial charge < -0.3 is 10.5 Å². The summed E-state index contributed by atoms with van der Waals surface area (Å²) in [4.78, 5) is 14.5. The van der Waals surface area contributed by atoms with Crippen LogP contribution in [0.3, 0.4) is 0 Å². The topological polar surface area (TPSA) is 55.6 Å². The van der Waals surface area contributed by atoms with Crippen molar-refractivity contribution in [1.29, 1.82) is 0 Å². The Kier molecular flexibility index (Phi) is 4.01. The first kappa shape index (κ1) is 15.4. The third-order valence-corrected chi connectivity index (χ3v) is 3.83. The van der Waals surface area contributed by atoms with Crippen LogP contribution < -0.4 is 15.4 Å². The van der Waals surface area contributed by atoms with Crippen LogP contribution in [0.25, 0.3) is 6.08 Å². The molecule has 0 fully saturated rings. The maximum absolute atomic E-state index is 12.8. The number of benzene rings is 2. The molecule has 0 atom stereocenters. The molecule has 23 heavy (non-hydrogen) atoms. The molecule has 0 saturated carbocycles. The minimum atomic E-state index is -0.174. The number of amides is 1. The summed E-state index contributed by atoms with van der Waals surface area (Å²) in [5, 5.41) is 0.643. The van der Waals surface area contributed by atoms with Crippen molar-refractivity contribution in [3.8, 4) is 5.75 Å². The number of hydrogen-bond donors (Lipinski definition) is 1. The lowest BCUT2D eigenvalue weighted by Gasteiger charge is -2.33. The van der Waals surface area contributed by atoms with Crippen LogP contribution in [0.4, 0.5) is 11.4 Å². The van der Waals surface area contributed by atoms with E-state index in [1.54, 1.807) is 35.2 Å². The van der Waals surface area contributed by atoms with Crippen molar-refractivity contribution in [2.24, 2.45) is 0 Å². The van der Waals surface area contributed by atoms with Gasteiger partial charge in [0, 0.05) is 22.8 Å². The van der Waals surface area contributed by atoms with Crippen LogP contribution in [0.15, 0.2) is 48.2 Å². The average Bonchev–Trinajstić information content (AvgIpc) is 2.50. The van der Waals surface area contributed by atoms with Crippen LogP contribution in [-0.4, -0.2) is 11.9 Å². The zero-order valence-corrected chi connectivity index (χ0v) is 13.7. The first-order valence-electron chi connectivity index (χ1n) is 7.34. The van der Waals surface area contributed by atoms with E-state index in [4.69, 9.17) is 22.1 Å². The Labute approximate surface area is 140 Å². The Balaban J connectivity index is 2.06. The van der Waals surface area contributed by atoms with Crippen molar-refractivity contribution >= 4 is 35.0 Å². The molecule has 4 nitrogen and oxygen atoms in total. The second-order valence-electron chi connectivity index (χ2n) is 5.66. The molecule has 0 aliphatic carbocycles. The van der Waals surface area contributed by atoms with Crippen LogP contribution in [-0.2, 0) is 4.79 Å². The number of nitrogens with zero attached hydrogens (tertiary/aromatic N) is 1. The second kappa shape index (κ2) is 5.97. The fourth-order valence-electron chi connectivity index (χ4n) is 2.52. The van der Waals surface area contributed by atoms with E-state index in [2.05, 4.69) is 0 Å². The Morgan fingerprint density at radius 2 is 1.87 bits per heavy atom. The molecule has 1 amide bonds. The van der Waals surface area contributed by atoms with Crippen LogP contribution in [0, 0.1) is 0 Å². The first-order chi connectivity index (χ1) is 11.0. The number of fused-ring (bicyclic) bond motifs is 1. The van der Waals surface area contributed by atoms with E-state index in [0.717, 1.165) is 11.3 Å². The Bertz CT molecular complexity index is 782. The Morgan fingerprint density at radius 1 is 1.17 bits per heavy atom. The number of anilines is 2. The number of rotatable bonds is 2. The molecule has 2 aromatic rings. The summed E-state index contributed by atoms with van der Waals surface area (Å²) in [5.41, 5.74) is 8.00. The van der Waals surface area contributed by atoms with Crippen molar-refractivity contribution in [2.45, 2.75) is 19.9 Å². The van der Waals surface area contributed by atoms with Gasteiger partial charge in [0.2, 0.25) is 0 Å². The molecule has 3 rings (SSSR count). The van der Waals surface area contributed by atoms with Crippen molar-refractivity contribution in [3.05, 3.63) is 58.8 Å². The first-order valence-corrected chi connectivity index (χ1v) is 7.71. The number of carbonyl (C=O) groups excluding carboxylic acids is 1. The summed E-state index contributed by atoms with van der Waals surface area (Å²) in [6.45, 7) is 3.92. The normalized spacial score (nSPS) is 15.7. The van der Waals surface area contributed by atoms with E-state index in [-0.39, 0.29) is 17.7 Å². The number of nitrogens with two attached hydrogens (primary N) is 1. The molecule has 0 unspecified atom stereocenters. The van der Waals surface area contributed by atoms with E-state index in [9.17, 15) is 4.79 Å². The molecule has 2 aromatic carbocycles. The van der Waals surface area contributed by atoms with Crippen molar-refractivity contribution in [1.82, 2.24) is 0 Å². The minimum Gasteiger partial charge on any atom is -0.449 e. The van der Waals surface area contributed by atoms with Crippen molar-refractivity contribution in [3.63, 3.8) is 0 Å². The molecule has 0 aromatic heterocycles. The van der Waals surface area contributed by atoms with E-state index in [1.807, 2.05) is 32.0 Å². The van der Waals surface area contributed by atoms with Crippen LogP contribution in [0.5, 0.6) is 5.75 Å². The number of nitrogen functional groups attached to an aromatic ring is 1. The predicted octanol–water partition coefficient (Wildman–Crippen LogP) is 4.10. The standard InChI is InChI=1S/C18H17ClN2O2/c1-11(2)21-15-8-7-14(20)10-16(15)23-17(18(21)22)9-12-3-5-13(19)6-4-12/h3-11H,20H2,1-2H3/b17-9+. The van der Waals surface area contributed by atoms with Crippen molar-refractivity contribution < 1.29 is 9.53 Å². The monoisotopic (exact) mass is 328 g/mol. The lowest BCUT2D eigenvalue weighted by molar-refractivity contribution is -0.117. The molecule has 0 saturated heterocycles. The number of carbonyl (C=O) groups is 1. The molecule has 2 N–H and O–H groups in total. The number of ether oxygens (including phenoxy) is 1. The zero-order valence-electron chi connectivity index (χ0n) is 12.9. The highest BCUT2D eigenvalue weighted by Gasteiger charge is 2.32. The van der Waals surface area contributed by atoms with Gasteiger partial charge in [-0.05, 0) is 49.8 Å². The van der Waals surface area contributed by atoms with Crippen LogP contribution >= 0.6 is 11.6 Å². The summed E-state index contributed by atoms with van der Waals surface area (Å²) in [6, 6.07) is 12.5. The Morgan fingerprint density at radius 3 is 2.52 bits per heavy atom. The maximum Gasteiger partial charge on any atom is 0.294 e. The average molecular weight is 329 g/mol. The van der Waals surface area contributed by atoms with E-state index in [0.29, 0.717) is 16.5 Å². The zero-order chi connectivity index (χ0) is 16.6. The van der Waals surface area contributed by atoms with Crippen LogP contribution in [0.2, 0.25) is 5.02 Å². The summed E-state index contributed by atoms with van der Waals surface area (Å²) in [5.74, 6) is 0.671. The highest BCUT2D eigenvalue weighted by atomic mass is 35.5. The van der Waals surface area contributed by atoms with Gasteiger partial charge in [0.15, 0.2) is 11.5 Å². The van der Waals surface area contributed by atoms with Crippen molar-refractivity contribution in [2.75, 3.05) is 10.6 Å². The number of hydrogen-bond acceptors (Lipinski definition) is 3. The summed E-state index contributed by atoms with van der Waals surface area (Å²) in [7, 11) is 0. The Hall–Kier alpha value is -2.46. The highest BCUT2D eigenvalue weighted by molar-refractivity contribution is 6.30. The highest BCUT2D eigenvalue weighted by Crippen LogP contribution is 2.38. The number of halogens is 1. The lowest BCUT2D eigenvalue weighted by atomic mass is 10.1. The second-order valence-corrected chi connectivity index (χ2v) is 6.09. The molecule has 1 aliphatic heterocycles. The smallest absolute Gasteiger partial charge is 0.294 e. The molecular formula is C18H17ClN2O2. The van der Waals surface area contributed by atoms with Gasteiger partial charge in [-0.2, -0.15) is 0 Å². The van der Waals surface area contributed by atoms with Gasteiger partial charge in [-0.15, -0.1) is 0 Å². The summed E-state index contributed by atoms with van der Waals surface area (Å²) in [6.07, 6.45) is 1.71. The quantitative estimate of drug-likeness (QED) is 0.667. The van der Waals surface area contributed by atoms with E-state index >= 15 is 0 Å². The van der Waals surface area contributed by atoms with E-state index < -0.39 is 0 Å². The molecule has 1 aliphatic rings. The molecule has 118 valence electrons. The molecule has 0 spiro atoms. The van der Waals surface area contributed by atoms with Gasteiger partial charge >= 0.3 is 0 Å². The summed E-state index contributed by atoms with van der Waals surface area (Å²) < 4.78 is 5.80. The third-order valence-electron chi connectivity index (χ3n) is 3.58. The van der Waals surface area contributed by atoms with Gasteiger partial charge in [-0.25, -0.2) is 0 Å². The molecule has 5 heteroatoms. The maximum atomic E-state index is 12.8. The molecule has 0 bridgehead atoms. The summed E-state index contributed by atoms with van der Waals surface area (Å²) >= 11 is 5.89. The van der Waals surface area contributed by atoms with E-state index in [1.165, 1.54) is 0 Å². The fourth-order valence-corrected chi connectivity index (χ4v) is 2.64. The van der Waals surface area contributed by atoms with Crippen LogP contribution in [0.1, 0.15) is 19.4 Å². The molecule has 1 heterocycles. The van der Waals surface area contributed by atoms with Gasteiger partial charge in [0.05, 0.1) is 5.69 Å². The third kappa shape index (κ3) is 3.03. The van der Waals surface area contributed by atoms with Gasteiger partial charge in [0.25, 0.3) is 5.91 Å². The van der Waals surface area contributed by atoms with Gasteiger partial charge in [-0.1, -0.05) is 23.7 Å². The van der Waals surface area contributed by atoms with Gasteiger partial charge in [-0.3, -0.25) is 9.69 Å². The largest absolute Gasteiger partial charge is 0.449 e. The van der Waals surface area contributed by atoms with Gasteiger partial charge in [0.1, 0.15) is 0 Å².